The van der Waals surface area contributed by atoms with Gasteiger partial charge >= 0.3 is 0 Å². The Hall–Kier alpha value is -5.74. The van der Waals surface area contributed by atoms with Gasteiger partial charge in [0, 0.05) is 41.3 Å². The molecule has 2 aromatic heterocycles. The van der Waals surface area contributed by atoms with Crippen LogP contribution in [0.3, 0.4) is 0 Å². The van der Waals surface area contributed by atoms with E-state index in [2.05, 4.69) is 119 Å². The van der Waals surface area contributed by atoms with E-state index in [4.69, 9.17) is 9.98 Å². The Morgan fingerprint density at radius 1 is 0.405 bits per heavy atom. The molecule has 0 N–H and O–H groups in total. The zero-order valence-corrected chi connectivity index (χ0v) is 22.8. The Balaban J connectivity index is 1.22. The number of nitrogens with zero attached hydrogens (tertiary/aromatic N) is 4. The quantitative estimate of drug-likeness (QED) is 0.212. The van der Waals surface area contributed by atoms with Crippen LogP contribution >= 0.6 is 0 Å². The Labute approximate surface area is 244 Å². The molecule has 0 aliphatic heterocycles. The highest BCUT2D eigenvalue weighted by Gasteiger charge is 2.27. The minimum absolute atomic E-state index is 0.889. The van der Waals surface area contributed by atoms with Crippen molar-refractivity contribution in [1.29, 1.82) is 0 Å². The van der Waals surface area contributed by atoms with Crippen molar-refractivity contribution in [3.8, 4) is 0 Å². The van der Waals surface area contributed by atoms with E-state index in [1.165, 1.54) is 10.8 Å². The van der Waals surface area contributed by atoms with E-state index in [1.54, 1.807) is 24.8 Å². The molecule has 0 bridgehead atoms. The van der Waals surface area contributed by atoms with Gasteiger partial charge in [-0.2, -0.15) is 0 Å². The van der Waals surface area contributed by atoms with Gasteiger partial charge in [-0.1, -0.05) is 85.0 Å². The summed E-state index contributed by atoms with van der Waals surface area (Å²) in [4.78, 5) is 18.5. The number of rotatable bonds is 6. The van der Waals surface area contributed by atoms with Crippen molar-refractivity contribution in [3.05, 3.63) is 167 Å². The van der Waals surface area contributed by atoms with E-state index >= 15 is 0 Å². The molecule has 0 fully saturated rings. The molecule has 2 heterocycles. The average molecular weight is 539 g/mol. The molecule has 0 radical (unpaired) electrons. The fourth-order valence-corrected chi connectivity index (χ4v) is 5.13. The minimum atomic E-state index is 0.889. The maximum atomic E-state index is 5.15. The van der Waals surface area contributed by atoms with Gasteiger partial charge in [0.2, 0.25) is 0 Å². The summed E-state index contributed by atoms with van der Waals surface area (Å²) in [5.74, 6) is 0. The zero-order chi connectivity index (χ0) is 28.1. The molecule has 7 rings (SSSR count). The van der Waals surface area contributed by atoms with Gasteiger partial charge in [-0.05, 0) is 76.2 Å². The smallest absolute Gasteiger partial charge is 0.0978 e. The van der Waals surface area contributed by atoms with E-state index < -0.39 is 0 Å². The minimum Gasteiger partial charge on any atom is -0.265 e. The molecule has 1 aliphatic carbocycles. The Kier molecular flexibility index (Phi) is 6.85. The highest BCUT2D eigenvalue weighted by Crippen LogP contribution is 2.34. The van der Waals surface area contributed by atoms with Crippen molar-refractivity contribution < 1.29 is 0 Å². The molecule has 0 amide bonds. The molecule has 6 aromatic rings. The molecule has 42 heavy (non-hydrogen) atoms. The first-order valence-corrected chi connectivity index (χ1v) is 13.9. The van der Waals surface area contributed by atoms with E-state index in [1.807, 2.05) is 24.3 Å². The van der Waals surface area contributed by atoms with Crippen molar-refractivity contribution in [2.24, 2.45) is 9.98 Å². The molecule has 4 heteroatoms. The molecule has 198 valence electrons. The summed E-state index contributed by atoms with van der Waals surface area (Å²) in [6, 6.07) is 37.3. The number of aromatic nitrogens is 2. The Morgan fingerprint density at radius 2 is 0.786 bits per heavy atom. The fraction of sp³-hybridized carbons (Fsp3) is 0. The van der Waals surface area contributed by atoms with Crippen LogP contribution in [0.25, 0.3) is 35.1 Å². The maximum Gasteiger partial charge on any atom is 0.0978 e. The van der Waals surface area contributed by atoms with Crippen LogP contribution in [-0.4, -0.2) is 21.4 Å². The Morgan fingerprint density at radius 3 is 1.19 bits per heavy atom. The van der Waals surface area contributed by atoms with Gasteiger partial charge in [0.05, 0.1) is 22.8 Å². The van der Waals surface area contributed by atoms with Gasteiger partial charge < -0.3 is 0 Å². The van der Waals surface area contributed by atoms with Crippen LogP contribution < -0.4 is 0 Å². The molecule has 0 atom stereocenters. The van der Waals surface area contributed by atoms with Gasteiger partial charge in [0.25, 0.3) is 0 Å². The average Bonchev–Trinajstić information content (AvgIpc) is 3.34. The first-order chi connectivity index (χ1) is 20.8. The van der Waals surface area contributed by atoms with Crippen molar-refractivity contribution in [3.63, 3.8) is 0 Å². The lowest BCUT2D eigenvalue weighted by atomic mass is 10.1. The highest BCUT2D eigenvalue weighted by atomic mass is 14.8. The lowest BCUT2D eigenvalue weighted by molar-refractivity contribution is 1.32. The molecule has 0 unspecified atom stereocenters. The lowest BCUT2D eigenvalue weighted by Gasteiger charge is -2.05. The lowest BCUT2D eigenvalue weighted by Crippen LogP contribution is -2.10. The summed E-state index contributed by atoms with van der Waals surface area (Å²) in [5.41, 5.74) is 10.2. The van der Waals surface area contributed by atoms with Gasteiger partial charge in [-0.25, -0.2) is 9.98 Å². The number of aliphatic imine (C=N–C) groups is 2. The molecule has 0 saturated carbocycles. The molecule has 4 aromatic carbocycles. The molecule has 1 aliphatic rings. The fourth-order valence-electron chi connectivity index (χ4n) is 5.13. The van der Waals surface area contributed by atoms with Crippen LogP contribution in [0.1, 0.15) is 33.4 Å². The third kappa shape index (κ3) is 5.34. The maximum absolute atomic E-state index is 5.15. The Bertz CT molecular complexity index is 1840. The standard InChI is InChI=1S/C38H26N4/c1-3-31-4-2-6-35-36(31)34(5-1)37(41-32-15-11-27(12-16-32)7-9-29-19-23-39-24-20-29)38(35)42-33-17-13-28(14-18-33)8-10-30-21-25-40-26-22-30/h1-26H/b9-7+,10-8+,41-37?,42-38?. The highest BCUT2D eigenvalue weighted by molar-refractivity contribution is 6.61. The first-order valence-electron chi connectivity index (χ1n) is 13.9. The van der Waals surface area contributed by atoms with E-state index in [-0.39, 0.29) is 0 Å². The molecule has 0 spiro atoms. The van der Waals surface area contributed by atoms with Gasteiger partial charge in [-0.15, -0.1) is 0 Å². The van der Waals surface area contributed by atoms with Crippen LogP contribution in [0.5, 0.6) is 0 Å². The molecule has 0 saturated heterocycles. The summed E-state index contributed by atoms with van der Waals surface area (Å²) in [6.45, 7) is 0. The van der Waals surface area contributed by atoms with Crippen LogP contribution in [0.2, 0.25) is 0 Å². The second-order valence-electron chi connectivity index (χ2n) is 10.0. The summed E-state index contributed by atoms with van der Waals surface area (Å²) >= 11 is 0. The molecular formula is C38H26N4. The van der Waals surface area contributed by atoms with Crippen molar-refractivity contribution in [2.45, 2.75) is 0 Å². The van der Waals surface area contributed by atoms with Crippen LogP contribution in [0, 0.1) is 0 Å². The molecule has 4 nitrogen and oxygen atoms in total. The normalized spacial score (nSPS) is 14.6. The number of hydrogen-bond acceptors (Lipinski definition) is 4. The van der Waals surface area contributed by atoms with E-state index in [0.29, 0.717) is 0 Å². The summed E-state index contributed by atoms with van der Waals surface area (Å²) in [6.07, 6.45) is 15.6. The van der Waals surface area contributed by atoms with Crippen molar-refractivity contribution in [1.82, 2.24) is 9.97 Å². The van der Waals surface area contributed by atoms with Gasteiger partial charge in [-0.3, -0.25) is 9.97 Å². The largest absolute Gasteiger partial charge is 0.265 e. The topological polar surface area (TPSA) is 50.5 Å². The van der Waals surface area contributed by atoms with Crippen molar-refractivity contribution in [2.75, 3.05) is 0 Å². The summed E-state index contributed by atoms with van der Waals surface area (Å²) in [5, 5.41) is 2.39. The molecular weight excluding hydrogens is 512 g/mol. The van der Waals surface area contributed by atoms with E-state index in [9.17, 15) is 0 Å². The first kappa shape index (κ1) is 25.2. The van der Waals surface area contributed by atoms with Gasteiger partial charge in [0.1, 0.15) is 0 Å². The van der Waals surface area contributed by atoms with Crippen LogP contribution in [-0.2, 0) is 0 Å². The third-order valence-electron chi connectivity index (χ3n) is 7.26. The van der Waals surface area contributed by atoms with Gasteiger partial charge in [0.15, 0.2) is 0 Å². The zero-order valence-electron chi connectivity index (χ0n) is 22.8. The number of hydrogen-bond donors (Lipinski definition) is 0. The second-order valence-corrected chi connectivity index (χ2v) is 10.0. The summed E-state index contributed by atoms with van der Waals surface area (Å²) < 4.78 is 0. The third-order valence-corrected chi connectivity index (χ3v) is 7.26. The number of benzene rings is 4. The van der Waals surface area contributed by atoms with Crippen LogP contribution in [0.4, 0.5) is 11.4 Å². The van der Waals surface area contributed by atoms with Crippen LogP contribution in [0.15, 0.2) is 144 Å². The second kappa shape index (κ2) is 11.4. The number of pyridine rings is 2. The SMILES string of the molecule is C(=C\c1ccc(N=C2C(=Nc3ccc(/C=C/c4ccncc4)cc3)c3cccc4cccc2c34)cc1)/c1ccncc1. The van der Waals surface area contributed by atoms with E-state index in [0.717, 1.165) is 56.2 Å². The predicted molar refractivity (Wildman–Crippen MR) is 176 cm³/mol. The summed E-state index contributed by atoms with van der Waals surface area (Å²) in [7, 11) is 0. The monoisotopic (exact) mass is 538 g/mol. The van der Waals surface area contributed by atoms with Crippen molar-refractivity contribution >= 4 is 57.9 Å². The predicted octanol–water partition coefficient (Wildman–Crippen LogP) is 9.23.